The maximum Gasteiger partial charge on any atom is 0.224 e. The maximum atomic E-state index is 11.8. The van der Waals surface area contributed by atoms with E-state index in [0.717, 1.165) is 30.8 Å². The summed E-state index contributed by atoms with van der Waals surface area (Å²) in [5, 5.41) is 6.49. The predicted octanol–water partition coefficient (Wildman–Crippen LogP) is 1.89. The summed E-state index contributed by atoms with van der Waals surface area (Å²) in [6.07, 6.45) is 5.27. The van der Waals surface area contributed by atoms with Gasteiger partial charge in [-0.15, -0.1) is 0 Å². The summed E-state index contributed by atoms with van der Waals surface area (Å²) >= 11 is 0. The molecule has 1 unspecified atom stereocenters. The lowest BCUT2D eigenvalue weighted by molar-refractivity contribution is -0.120. The number of hydrogen-bond acceptors (Lipinski definition) is 3. The highest BCUT2D eigenvalue weighted by molar-refractivity contribution is 5.78. The van der Waals surface area contributed by atoms with Crippen molar-refractivity contribution in [3.05, 3.63) is 29.8 Å². The molecule has 1 fully saturated rings. The molecule has 0 aromatic heterocycles. The van der Waals surface area contributed by atoms with Gasteiger partial charge < -0.3 is 15.4 Å². The molecule has 0 radical (unpaired) electrons. The van der Waals surface area contributed by atoms with Crippen LogP contribution in [-0.2, 0) is 11.2 Å². The molecule has 1 aromatic carbocycles. The minimum Gasteiger partial charge on any atom is -0.497 e. The van der Waals surface area contributed by atoms with E-state index in [1.165, 1.54) is 19.3 Å². The monoisotopic (exact) mass is 276 g/mol. The summed E-state index contributed by atoms with van der Waals surface area (Å²) in [5.41, 5.74) is 1.01. The van der Waals surface area contributed by atoms with Gasteiger partial charge in [-0.2, -0.15) is 0 Å². The number of amides is 1. The molecule has 4 nitrogen and oxygen atoms in total. The third kappa shape index (κ3) is 4.85. The summed E-state index contributed by atoms with van der Waals surface area (Å²) in [4.78, 5) is 11.8. The second-order valence-corrected chi connectivity index (χ2v) is 5.31. The van der Waals surface area contributed by atoms with Crippen LogP contribution in [0.25, 0.3) is 0 Å². The highest BCUT2D eigenvalue weighted by atomic mass is 16.5. The molecule has 20 heavy (non-hydrogen) atoms. The van der Waals surface area contributed by atoms with Crippen LogP contribution in [0.5, 0.6) is 5.75 Å². The van der Waals surface area contributed by atoms with Gasteiger partial charge in [0.25, 0.3) is 0 Å². The summed E-state index contributed by atoms with van der Waals surface area (Å²) in [5.74, 6) is 0.906. The number of hydrogen-bond donors (Lipinski definition) is 2. The number of nitrogens with one attached hydrogen (secondary N) is 2. The first-order valence-electron chi connectivity index (χ1n) is 7.41. The van der Waals surface area contributed by atoms with Crippen molar-refractivity contribution in [3.8, 4) is 5.75 Å². The highest BCUT2D eigenvalue weighted by Crippen LogP contribution is 2.12. The third-order valence-electron chi connectivity index (χ3n) is 3.75. The number of piperidine rings is 1. The van der Waals surface area contributed by atoms with Crippen LogP contribution in [0.1, 0.15) is 31.2 Å². The average molecular weight is 276 g/mol. The first-order chi connectivity index (χ1) is 9.78. The fourth-order valence-electron chi connectivity index (χ4n) is 2.55. The smallest absolute Gasteiger partial charge is 0.224 e. The lowest BCUT2D eigenvalue weighted by atomic mass is 10.0. The van der Waals surface area contributed by atoms with E-state index in [9.17, 15) is 4.79 Å². The van der Waals surface area contributed by atoms with Crippen LogP contribution in [0.4, 0.5) is 0 Å². The molecule has 1 saturated heterocycles. The molecule has 1 heterocycles. The van der Waals surface area contributed by atoms with Crippen molar-refractivity contribution in [2.75, 3.05) is 20.2 Å². The van der Waals surface area contributed by atoms with Crippen LogP contribution < -0.4 is 15.4 Å². The van der Waals surface area contributed by atoms with E-state index < -0.39 is 0 Å². The Morgan fingerprint density at radius 2 is 2.15 bits per heavy atom. The number of benzene rings is 1. The standard InChI is InChI=1S/C16H24N2O2/c1-20-15-7-5-13(6-8-15)12-16(19)18-11-9-14-4-2-3-10-17-14/h5-8,14,17H,2-4,9-12H2,1H3,(H,18,19). The SMILES string of the molecule is COc1ccc(CC(=O)NCCC2CCCCN2)cc1. The Balaban J connectivity index is 1.66. The molecule has 2 N–H and O–H groups in total. The summed E-state index contributed by atoms with van der Waals surface area (Å²) in [6.45, 7) is 1.87. The number of methoxy groups -OCH3 is 1. The van der Waals surface area contributed by atoms with Crippen molar-refractivity contribution in [1.82, 2.24) is 10.6 Å². The topological polar surface area (TPSA) is 50.4 Å². The Labute approximate surface area is 120 Å². The zero-order valence-electron chi connectivity index (χ0n) is 12.2. The number of ether oxygens (including phenoxy) is 1. The molecule has 0 bridgehead atoms. The van der Waals surface area contributed by atoms with Gasteiger partial charge in [0.15, 0.2) is 0 Å². The lowest BCUT2D eigenvalue weighted by Crippen LogP contribution is -2.37. The van der Waals surface area contributed by atoms with Crippen LogP contribution in [0.2, 0.25) is 0 Å². The molecular weight excluding hydrogens is 252 g/mol. The van der Waals surface area contributed by atoms with E-state index in [1.54, 1.807) is 7.11 Å². The molecule has 0 spiro atoms. The van der Waals surface area contributed by atoms with Crippen molar-refractivity contribution < 1.29 is 9.53 Å². The van der Waals surface area contributed by atoms with E-state index >= 15 is 0 Å². The largest absolute Gasteiger partial charge is 0.497 e. The quantitative estimate of drug-likeness (QED) is 0.834. The molecule has 4 heteroatoms. The van der Waals surface area contributed by atoms with Gasteiger partial charge in [0.05, 0.1) is 13.5 Å². The second kappa shape index (κ2) is 7.90. The molecule has 1 aromatic rings. The molecule has 1 aliphatic rings. The first-order valence-corrected chi connectivity index (χ1v) is 7.41. The number of carbonyl (C=O) groups is 1. The minimum atomic E-state index is 0.0889. The van der Waals surface area contributed by atoms with Gasteiger partial charge in [-0.1, -0.05) is 18.6 Å². The average Bonchev–Trinajstić information content (AvgIpc) is 2.49. The van der Waals surface area contributed by atoms with Gasteiger partial charge in [0.2, 0.25) is 5.91 Å². The molecule has 110 valence electrons. The van der Waals surface area contributed by atoms with E-state index in [1.807, 2.05) is 24.3 Å². The van der Waals surface area contributed by atoms with Gasteiger partial charge in [-0.3, -0.25) is 4.79 Å². The normalized spacial score (nSPS) is 18.6. The number of carbonyl (C=O) groups excluding carboxylic acids is 1. The first kappa shape index (κ1) is 14.9. The molecule has 0 saturated carbocycles. The maximum absolute atomic E-state index is 11.8. The van der Waals surface area contributed by atoms with E-state index in [0.29, 0.717) is 12.5 Å². The van der Waals surface area contributed by atoms with E-state index in [-0.39, 0.29) is 5.91 Å². The van der Waals surface area contributed by atoms with Gasteiger partial charge in [-0.25, -0.2) is 0 Å². The Bertz CT molecular complexity index is 411. The highest BCUT2D eigenvalue weighted by Gasteiger charge is 2.12. The lowest BCUT2D eigenvalue weighted by Gasteiger charge is -2.23. The summed E-state index contributed by atoms with van der Waals surface area (Å²) < 4.78 is 5.10. The minimum absolute atomic E-state index is 0.0889. The fourth-order valence-corrected chi connectivity index (χ4v) is 2.55. The van der Waals surface area contributed by atoms with Crippen molar-refractivity contribution in [2.24, 2.45) is 0 Å². The Kier molecular flexibility index (Phi) is 5.87. The van der Waals surface area contributed by atoms with Crippen molar-refractivity contribution in [3.63, 3.8) is 0 Å². The molecule has 1 atom stereocenters. The Morgan fingerprint density at radius 1 is 1.35 bits per heavy atom. The van der Waals surface area contributed by atoms with Crippen molar-refractivity contribution >= 4 is 5.91 Å². The van der Waals surface area contributed by atoms with Gasteiger partial charge >= 0.3 is 0 Å². The molecule has 1 amide bonds. The van der Waals surface area contributed by atoms with Crippen molar-refractivity contribution in [2.45, 2.75) is 38.1 Å². The van der Waals surface area contributed by atoms with Gasteiger partial charge in [-0.05, 0) is 43.5 Å². The summed E-state index contributed by atoms with van der Waals surface area (Å²) in [7, 11) is 1.64. The van der Waals surface area contributed by atoms with Crippen LogP contribution in [-0.4, -0.2) is 32.1 Å². The van der Waals surface area contributed by atoms with Crippen LogP contribution in [0.3, 0.4) is 0 Å². The van der Waals surface area contributed by atoms with Gasteiger partial charge in [0.1, 0.15) is 5.75 Å². The molecule has 1 aliphatic heterocycles. The van der Waals surface area contributed by atoms with Gasteiger partial charge in [0, 0.05) is 12.6 Å². The van der Waals surface area contributed by atoms with Crippen LogP contribution >= 0.6 is 0 Å². The van der Waals surface area contributed by atoms with E-state index in [4.69, 9.17) is 4.74 Å². The zero-order chi connectivity index (χ0) is 14.2. The predicted molar refractivity (Wildman–Crippen MR) is 80.0 cm³/mol. The van der Waals surface area contributed by atoms with Crippen LogP contribution in [0, 0.1) is 0 Å². The second-order valence-electron chi connectivity index (χ2n) is 5.31. The molecule has 0 aliphatic carbocycles. The van der Waals surface area contributed by atoms with E-state index in [2.05, 4.69) is 10.6 Å². The summed E-state index contributed by atoms with van der Waals surface area (Å²) in [6, 6.07) is 8.20. The fraction of sp³-hybridized carbons (Fsp3) is 0.562. The van der Waals surface area contributed by atoms with Crippen molar-refractivity contribution in [1.29, 1.82) is 0 Å². The van der Waals surface area contributed by atoms with Crippen LogP contribution in [0.15, 0.2) is 24.3 Å². The number of rotatable bonds is 6. The Hall–Kier alpha value is -1.55. The zero-order valence-corrected chi connectivity index (χ0v) is 12.2. The Morgan fingerprint density at radius 3 is 2.80 bits per heavy atom. The molecular formula is C16H24N2O2. The molecule has 2 rings (SSSR count). The third-order valence-corrected chi connectivity index (χ3v) is 3.75.